The lowest BCUT2D eigenvalue weighted by Crippen LogP contribution is -2.38. The second-order valence-electron chi connectivity index (χ2n) is 3.85. The fourth-order valence-corrected chi connectivity index (χ4v) is 1.81. The van der Waals surface area contributed by atoms with Crippen molar-refractivity contribution in [2.45, 2.75) is 12.8 Å². The Bertz CT molecular complexity index is 449. The summed E-state index contributed by atoms with van der Waals surface area (Å²) in [6.07, 6.45) is 3.84. The number of hydrogen-bond donors (Lipinski definition) is 2. The van der Waals surface area contributed by atoms with Crippen LogP contribution in [0.3, 0.4) is 0 Å². The number of carbonyl (C=O) groups excluding carboxylic acids is 1. The standard InChI is InChI=1S/C11H13N3O3/c15-10-7-12-4-1-9(10)11(16)14-5-2-8(13-17)3-6-14/h1,4,7,15,17H,2-3,5-6H2. The summed E-state index contributed by atoms with van der Waals surface area (Å²) in [5.74, 6) is -0.332. The van der Waals surface area contributed by atoms with E-state index in [2.05, 4.69) is 10.1 Å². The van der Waals surface area contributed by atoms with Crippen molar-refractivity contribution in [2.75, 3.05) is 13.1 Å². The minimum atomic E-state index is -0.220. The first-order valence-corrected chi connectivity index (χ1v) is 5.34. The van der Waals surface area contributed by atoms with Gasteiger partial charge in [-0.05, 0) is 6.07 Å². The van der Waals surface area contributed by atoms with Crippen LogP contribution in [0, 0.1) is 0 Å². The zero-order chi connectivity index (χ0) is 12.3. The largest absolute Gasteiger partial charge is 0.505 e. The van der Waals surface area contributed by atoms with E-state index in [-0.39, 0.29) is 17.2 Å². The van der Waals surface area contributed by atoms with Crippen LogP contribution >= 0.6 is 0 Å². The zero-order valence-electron chi connectivity index (χ0n) is 9.20. The number of aromatic nitrogens is 1. The summed E-state index contributed by atoms with van der Waals surface area (Å²) in [5, 5.41) is 21.3. The van der Waals surface area contributed by atoms with Crippen LogP contribution < -0.4 is 0 Å². The van der Waals surface area contributed by atoms with Crippen LogP contribution in [-0.4, -0.2) is 44.9 Å². The molecule has 0 aromatic carbocycles. The lowest BCUT2D eigenvalue weighted by molar-refractivity contribution is 0.0750. The molecule has 1 aliphatic rings. The molecule has 2 rings (SSSR count). The van der Waals surface area contributed by atoms with Crippen LogP contribution in [0.25, 0.3) is 0 Å². The van der Waals surface area contributed by atoms with Gasteiger partial charge in [-0.1, -0.05) is 5.16 Å². The third-order valence-electron chi connectivity index (χ3n) is 2.80. The van der Waals surface area contributed by atoms with E-state index in [9.17, 15) is 9.90 Å². The van der Waals surface area contributed by atoms with Crippen LogP contribution in [0.1, 0.15) is 23.2 Å². The van der Waals surface area contributed by atoms with Gasteiger partial charge in [0.25, 0.3) is 5.91 Å². The van der Waals surface area contributed by atoms with Crippen molar-refractivity contribution in [2.24, 2.45) is 5.16 Å². The number of rotatable bonds is 1. The highest BCUT2D eigenvalue weighted by Gasteiger charge is 2.23. The lowest BCUT2D eigenvalue weighted by Gasteiger charge is -2.27. The smallest absolute Gasteiger partial charge is 0.257 e. The average Bonchev–Trinajstić information content (AvgIpc) is 2.39. The second-order valence-corrected chi connectivity index (χ2v) is 3.85. The Morgan fingerprint density at radius 2 is 2.12 bits per heavy atom. The Labute approximate surface area is 98.2 Å². The predicted molar refractivity (Wildman–Crippen MR) is 60.3 cm³/mol. The van der Waals surface area contributed by atoms with Crippen molar-refractivity contribution in [1.29, 1.82) is 0 Å². The highest BCUT2D eigenvalue weighted by Crippen LogP contribution is 2.18. The molecule has 0 aliphatic carbocycles. The van der Waals surface area contributed by atoms with Crippen LogP contribution in [0.4, 0.5) is 0 Å². The van der Waals surface area contributed by atoms with Crippen LogP contribution in [-0.2, 0) is 0 Å². The molecule has 0 unspecified atom stereocenters. The molecule has 6 heteroatoms. The van der Waals surface area contributed by atoms with Crippen molar-refractivity contribution in [1.82, 2.24) is 9.88 Å². The van der Waals surface area contributed by atoms with E-state index in [0.717, 1.165) is 0 Å². The number of pyridine rings is 1. The third kappa shape index (κ3) is 2.35. The van der Waals surface area contributed by atoms with E-state index < -0.39 is 0 Å². The van der Waals surface area contributed by atoms with Gasteiger partial charge in [0.05, 0.1) is 17.5 Å². The van der Waals surface area contributed by atoms with Crippen molar-refractivity contribution in [3.63, 3.8) is 0 Å². The normalized spacial score (nSPS) is 15.8. The van der Waals surface area contributed by atoms with Gasteiger partial charge in [0.1, 0.15) is 5.75 Å². The Morgan fingerprint density at radius 1 is 1.41 bits per heavy atom. The molecule has 1 fully saturated rings. The average molecular weight is 235 g/mol. The molecule has 1 saturated heterocycles. The van der Waals surface area contributed by atoms with Crippen LogP contribution in [0.15, 0.2) is 23.6 Å². The summed E-state index contributed by atoms with van der Waals surface area (Å²) in [7, 11) is 0. The molecule has 2 N–H and O–H groups in total. The Morgan fingerprint density at radius 3 is 2.71 bits per heavy atom. The molecule has 0 saturated carbocycles. The van der Waals surface area contributed by atoms with Crippen molar-refractivity contribution in [3.05, 3.63) is 24.0 Å². The second kappa shape index (κ2) is 4.82. The SMILES string of the molecule is O=C(c1ccncc1O)N1CCC(=NO)CC1. The molecule has 6 nitrogen and oxygen atoms in total. The maximum Gasteiger partial charge on any atom is 0.257 e. The van der Waals surface area contributed by atoms with E-state index >= 15 is 0 Å². The number of piperidine rings is 1. The Balaban J connectivity index is 2.10. The summed E-state index contributed by atoms with van der Waals surface area (Å²) in [6, 6.07) is 1.49. The molecule has 90 valence electrons. The topological polar surface area (TPSA) is 86.0 Å². The molecule has 1 amide bonds. The van der Waals surface area contributed by atoms with Gasteiger partial charge in [-0.2, -0.15) is 0 Å². The van der Waals surface area contributed by atoms with Crippen molar-refractivity contribution < 1.29 is 15.1 Å². The lowest BCUT2D eigenvalue weighted by atomic mass is 10.1. The fraction of sp³-hybridized carbons (Fsp3) is 0.364. The molecule has 2 heterocycles. The van der Waals surface area contributed by atoms with Gasteiger partial charge in [-0.15, -0.1) is 0 Å². The first kappa shape index (κ1) is 11.4. The van der Waals surface area contributed by atoms with Gasteiger partial charge in [-0.3, -0.25) is 9.78 Å². The van der Waals surface area contributed by atoms with E-state index in [1.54, 1.807) is 4.90 Å². The summed E-state index contributed by atoms with van der Waals surface area (Å²) in [6.45, 7) is 1.000. The minimum Gasteiger partial charge on any atom is -0.505 e. The maximum absolute atomic E-state index is 12.1. The molecule has 0 bridgehead atoms. The quantitative estimate of drug-likeness (QED) is 0.558. The fourth-order valence-electron chi connectivity index (χ4n) is 1.81. The summed E-state index contributed by atoms with van der Waals surface area (Å²) < 4.78 is 0. The zero-order valence-corrected chi connectivity index (χ0v) is 9.20. The highest BCUT2D eigenvalue weighted by atomic mass is 16.4. The maximum atomic E-state index is 12.1. The number of hydrogen-bond acceptors (Lipinski definition) is 5. The third-order valence-corrected chi connectivity index (χ3v) is 2.80. The van der Waals surface area contributed by atoms with Gasteiger partial charge in [0.2, 0.25) is 0 Å². The van der Waals surface area contributed by atoms with Crippen molar-refractivity contribution in [3.8, 4) is 5.75 Å². The van der Waals surface area contributed by atoms with Crippen LogP contribution in [0.5, 0.6) is 5.75 Å². The number of aromatic hydroxyl groups is 1. The highest BCUT2D eigenvalue weighted by molar-refractivity contribution is 5.98. The van der Waals surface area contributed by atoms with E-state index in [4.69, 9.17) is 5.21 Å². The van der Waals surface area contributed by atoms with Crippen LogP contribution in [0.2, 0.25) is 0 Å². The number of oxime groups is 1. The molecule has 1 aliphatic heterocycles. The Hall–Kier alpha value is -2.11. The first-order valence-electron chi connectivity index (χ1n) is 5.34. The minimum absolute atomic E-state index is 0.112. The predicted octanol–water partition coefficient (Wildman–Crippen LogP) is 0.853. The molecule has 1 aromatic heterocycles. The molecular weight excluding hydrogens is 222 g/mol. The van der Waals surface area contributed by atoms with E-state index in [1.165, 1.54) is 18.5 Å². The van der Waals surface area contributed by atoms with Gasteiger partial charge in [0, 0.05) is 32.1 Å². The van der Waals surface area contributed by atoms with Gasteiger partial charge in [-0.25, -0.2) is 0 Å². The summed E-state index contributed by atoms with van der Waals surface area (Å²) in [5.41, 5.74) is 0.956. The van der Waals surface area contributed by atoms with Gasteiger partial charge >= 0.3 is 0 Å². The van der Waals surface area contributed by atoms with E-state index in [0.29, 0.717) is 31.6 Å². The number of amides is 1. The van der Waals surface area contributed by atoms with Gasteiger partial charge < -0.3 is 15.2 Å². The number of carbonyl (C=O) groups is 1. The first-order chi connectivity index (χ1) is 8.22. The number of likely N-dealkylation sites (tertiary alicyclic amines) is 1. The molecule has 0 atom stereocenters. The summed E-state index contributed by atoms with van der Waals surface area (Å²) in [4.78, 5) is 17.4. The Kier molecular flexibility index (Phi) is 3.22. The van der Waals surface area contributed by atoms with E-state index in [1.807, 2.05) is 0 Å². The monoisotopic (exact) mass is 235 g/mol. The molecular formula is C11H13N3O3. The molecule has 0 spiro atoms. The van der Waals surface area contributed by atoms with Crippen molar-refractivity contribution >= 4 is 11.6 Å². The number of nitrogens with zero attached hydrogens (tertiary/aromatic N) is 3. The molecule has 0 radical (unpaired) electrons. The molecule has 17 heavy (non-hydrogen) atoms. The summed E-state index contributed by atoms with van der Waals surface area (Å²) >= 11 is 0. The molecule has 1 aromatic rings. The van der Waals surface area contributed by atoms with Gasteiger partial charge in [0.15, 0.2) is 0 Å².